The van der Waals surface area contributed by atoms with E-state index in [1.807, 2.05) is 78.9 Å². The van der Waals surface area contributed by atoms with Crippen LogP contribution in [0.2, 0.25) is 0 Å². The summed E-state index contributed by atoms with van der Waals surface area (Å²) in [5.41, 5.74) is 2.04. The fourth-order valence-corrected chi connectivity index (χ4v) is 4.82. The quantitative estimate of drug-likeness (QED) is 0.515. The normalized spacial score (nSPS) is 20.6. The molecule has 7 nitrogen and oxygen atoms in total. The van der Waals surface area contributed by atoms with Gasteiger partial charge in [0.25, 0.3) is 5.91 Å². The SMILES string of the molecule is CC(=O)N1Cc2ccccc2[C@@H]2OC(c3ccc(OCCCO)cc3)=N[C@]2(Cc2ccccc2)C1=O. The summed E-state index contributed by atoms with van der Waals surface area (Å²) in [4.78, 5) is 33.0. The van der Waals surface area contributed by atoms with Crippen molar-refractivity contribution in [3.63, 3.8) is 0 Å². The average Bonchev–Trinajstić information content (AvgIpc) is 3.24. The first-order valence-electron chi connectivity index (χ1n) is 12.1. The Hall–Kier alpha value is -3.97. The number of amides is 2. The standard InChI is InChI=1S/C29H28N2O5/c1-20(33)31-19-23-10-5-6-11-25(23)26-29(28(31)34,18-21-8-3-2-4-9-21)30-27(36-26)22-12-14-24(15-13-22)35-17-7-16-32/h2-6,8-15,26,32H,7,16-19H2,1H3/t26-,29-/m0/s1. The lowest BCUT2D eigenvalue weighted by molar-refractivity contribution is -0.149. The van der Waals surface area contributed by atoms with Crippen LogP contribution >= 0.6 is 0 Å². The lowest BCUT2D eigenvalue weighted by Gasteiger charge is -2.31. The highest BCUT2D eigenvalue weighted by atomic mass is 16.5. The molecule has 0 saturated carbocycles. The number of aliphatic imine (C=N–C) groups is 1. The van der Waals surface area contributed by atoms with Crippen molar-refractivity contribution >= 4 is 17.7 Å². The van der Waals surface area contributed by atoms with Gasteiger partial charge in [-0.3, -0.25) is 14.5 Å². The van der Waals surface area contributed by atoms with Gasteiger partial charge in [0, 0.05) is 37.5 Å². The fraction of sp³-hybridized carbons (Fsp3) is 0.276. The number of fused-ring (bicyclic) bond motifs is 3. The lowest BCUT2D eigenvalue weighted by atomic mass is 9.81. The van der Waals surface area contributed by atoms with E-state index in [-0.39, 0.29) is 25.0 Å². The molecule has 0 aromatic heterocycles. The van der Waals surface area contributed by atoms with E-state index in [0.29, 0.717) is 36.7 Å². The molecule has 0 saturated heterocycles. The number of hydrogen-bond donors (Lipinski definition) is 1. The molecule has 0 bridgehead atoms. The van der Waals surface area contributed by atoms with Crippen molar-refractivity contribution < 1.29 is 24.2 Å². The summed E-state index contributed by atoms with van der Waals surface area (Å²) in [5.74, 6) is 0.338. The van der Waals surface area contributed by atoms with Gasteiger partial charge >= 0.3 is 0 Å². The third-order valence-corrected chi connectivity index (χ3v) is 6.61. The molecule has 0 unspecified atom stereocenters. The Morgan fingerprint density at radius 2 is 1.81 bits per heavy atom. The van der Waals surface area contributed by atoms with Gasteiger partial charge in [0.15, 0.2) is 11.6 Å². The van der Waals surface area contributed by atoms with E-state index in [4.69, 9.17) is 19.6 Å². The molecule has 2 aliphatic heterocycles. The zero-order chi connectivity index (χ0) is 25.1. The largest absolute Gasteiger partial charge is 0.494 e. The summed E-state index contributed by atoms with van der Waals surface area (Å²) in [6.45, 7) is 2.08. The molecule has 2 heterocycles. The van der Waals surface area contributed by atoms with Crippen LogP contribution in [0.5, 0.6) is 5.75 Å². The second kappa shape index (κ2) is 9.95. The van der Waals surface area contributed by atoms with Gasteiger partial charge in [0.05, 0.1) is 13.2 Å². The highest BCUT2D eigenvalue weighted by molar-refractivity contribution is 6.05. The number of ether oxygens (including phenoxy) is 2. The van der Waals surface area contributed by atoms with Gasteiger partial charge in [-0.2, -0.15) is 0 Å². The molecule has 2 aliphatic rings. The smallest absolute Gasteiger partial charge is 0.262 e. The maximum Gasteiger partial charge on any atom is 0.262 e. The number of imide groups is 1. The minimum atomic E-state index is -1.33. The van der Waals surface area contributed by atoms with Crippen molar-refractivity contribution in [3.8, 4) is 5.75 Å². The first kappa shape index (κ1) is 23.8. The van der Waals surface area contributed by atoms with E-state index < -0.39 is 11.6 Å². The first-order valence-corrected chi connectivity index (χ1v) is 12.1. The Bertz CT molecular complexity index is 1290. The molecule has 0 aliphatic carbocycles. The highest BCUT2D eigenvalue weighted by Gasteiger charge is 2.57. The molecule has 184 valence electrons. The van der Waals surface area contributed by atoms with Gasteiger partial charge in [-0.25, -0.2) is 4.99 Å². The molecule has 3 aromatic rings. The number of benzene rings is 3. The zero-order valence-electron chi connectivity index (χ0n) is 20.1. The third kappa shape index (κ3) is 4.38. The molecular weight excluding hydrogens is 456 g/mol. The fourth-order valence-electron chi connectivity index (χ4n) is 4.82. The molecule has 2 atom stereocenters. The van der Waals surface area contributed by atoms with Crippen LogP contribution in [0.4, 0.5) is 0 Å². The summed E-state index contributed by atoms with van der Waals surface area (Å²) in [6.07, 6.45) is 0.165. The molecule has 2 amide bonds. The maximum atomic E-state index is 14.1. The molecule has 3 aromatic carbocycles. The molecule has 1 N–H and O–H groups in total. The Morgan fingerprint density at radius 1 is 1.08 bits per heavy atom. The van der Waals surface area contributed by atoms with Crippen LogP contribution in [-0.4, -0.2) is 46.5 Å². The molecular formula is C29H28N2O5. The number of nitrogens with zero attached hydrogens (tertiary/aromatic N) is 2. The predicted octanol–water partition coefficient (Wildman–Crippen LogP) is 3.84. The van der Waals surface area contributed by atoms with Crippen LogP contribution in [-0.2, 0) is 27.3 Å². The molecule has 7 heteroatoms. The number of aliphatic hydroxyl groups is 1. The lowest BCUT2D eigenvalue weighted by Crippen LogP contribution is -2.51. The number of carbonyl (C=O) groups is 2. The minimum Gasteiger partial charge on any atom is -0.494 e. The van der Waals surface area contributed by atoms with E-state index in [1.54, 1.807) is 0 Å². The number of carbonyl (C=O) groups excluding carboxylic acids is 2. The topological polar surface area (TPSA) is 88.4 Å². The summed E-state index contributed by atoms with van der Waals surface area (Å²) in [6, 6.07) is 24.7. The second-order valence-electron chi connectivity index (χ2n) is 9.06. The number of hydrogen-bond acceptors (Lipinski definition) is 6. The van der Waals surface area contributed by atoms with E-state index >= 15 is 0 Å². The van der Waals surface area contributed by atoms with Crippen molar-refractivity contribution in [3.05, 3.63) is 101 Å². The van der Waals surface area contributed by atoms with Gasteiger partial charge in [-0.1, -0.05) is 54.6 Å². The minimum absolute atomic E-state index is 0.0698. The summed E-state index contributed by atoms with van der Waals surface area (Å²) in [5, 5.41) is 8.96. The molecule has 36 heavy (non-hydrogen) atoms. The summed E-state index contributed by atoms with van der Waals surface area (Å²) < 4.78 is 12.1. The number of rotatable bonds is 7. The summed E-state index contributed by atoms with van der Waals surface area (Å²) >= 11 is 0. The van der Waals surface area contributed by atoms with Gasteiger partial charge in [0.1, 0.15) is 5.75 Å². The van der Waals surface area contributed by atoms with E-state index in [1.165, 1.54) is 11.8 Å². The predicted molar refractivity (Wildman–Crippen MR) is 135 cm³/mol. The molecule has 0 fully saturated rings. The first-order chi connectivity index (χ1) is 17.5. The van der Waals surface area contributed by atoms with Crippen molar-refractivity contribution in [2.24, 2.45) is 4.99 Å². The van der Waals surface area contributed by atoms with Crippen molar-refractivity contribution in [2.75, 3.05) is 13.2 Å². The maximum absolute atomic E-state index is 14.1. The monoisotopic (exact) mass is 484 g/mol. The van der Waals surface area contributed by atoms with E-state index in [0.717, 1.165) is 16.7 Å². The van der Waals surface area contributed by atoms with Gasteiger partial charge in [-0.15, -0.1) is 0 Å². The Balaban J connectivity index is 1.60. The van der Waals surface area contributed by atoms with Crippen LogP contribution < -0.4 is 4.74 Å². The molecule has 0 spiro atoms. The second-order valence-corrected chi connectivity index (χ2v) is 9.06. The van der Waals surface area contributed by atoms with Crippen molar-refractivity contribution in [1.82, 2.24) is 4.90 Å². The van der Waals surface area contributed by atoms with E-state index in [2.05, 4.69) is 0 Å². The molecule has 0 radical (unpaired) electrons. The zero-order valence-corrected chi connectivity index (χ0v) is 20.1. The highest BCUT2D eigenvalue weighted by Crippen LogP contribution is 2.46. The van der Waals surface area contributed by atoms with Crippen LogP contribution in [0.25, 0.3) is 0 Å². The van der Waals surface area contributed by atoms with Gasteiger partial charge in [-0.05, 0) is 35.4 Å². The van der Waals surface area contributed by atoms with Crippen LogP contribution in [0.3, 0.4) is 0 Å². The van der Waals surface area contributed by atoms with Crippen LogP contribution in [0.15, 0.2) is 83.9 Å². The Kier molecular flexibility index (Phi) is 6.57. The van der Waals surface area contributed by atoms with Gasteiger partial charge < -0.3 is 14.6 Å². The summed E-state index contributed by atoms with van der Waals surface area (Å²) in [7, 11) is 0. The van der Waals surface area contributed by atoms with E-state index in [9.17, 15) is 9.59 Å². The molecule has 5 rings (SSSR count). The average molecular weight is 485 g/mol. The third-order valence-electron chi connectivity index (χ3n) is 6.61. The van der Waals surface area contributed by atoms with Crippen LogP contribution in [0, 0.1) is 0 Å². The Labute approximate surface area is 210 Å². The van der Waals surface area contributed by atoms with Crippen molar-refractivity contribution in [1.29, 1.82) is 0 Å². The van der Waals surface area contributed by atoms with Crippen LogP contribution in [0.1, 0.15) is 41.7 Å². The number of aliphatic hydroxyl groups excluding tert-OH is 1. The van der Waals surface area contributed by atoms with Crippen molar-refractivity contribution in [2.45, 2.75) is 38.0 Å². The Morgan fingerprint density at radius 3 is 2.53 bits per heavy atom. The van der Waals surface area contributed by atoms with Gasteiger partial charge in [0.2, 0.25) is 11.8 Å².